The quantitative estimate of drug-likeness (QED) is 0.562. The molecule has 0 bridgehead atoms. The van der Waals surface area contributed by atoms with E-state index in [0.29, 0.717) is 0 Å². The van der Waals surface area contributed by atoms with Crippen molar-refractivity contribution in [3.63, 3.8) is 0 Å². The van der Waals surface area contributed by atoms with Gasteiger partial charge in [0.2, 0.25) is 0 Å². The van der Waals surface area contributed by atoms with Crippen LogP contribution >= 0.6 is 0 Å². The number of rotatable bonds is 1. The van der Waals surface area contributed by atoms with Crippen molar-refractivity contribution in [3.05, 3.63) is 0 Å². The summed E-state index contributed by atoms with van der Waals surface area (Å²) in [7, 11) is 2.25. The van der Waals surface area contributed by atoms with Crippen LogP contribution in [0.25, 0.3) is 0 Å². The Hall–Kier alpha value is -0.0400. The molecule has 1 heterocycles. The third-order valence-electron chi connectivity index (χ3n) is 3.32. The first-order valence-corrected chi connectivity index (χ1v) is 4.87. The van der Waals surface area contributed by atoms with Gasteiger partial charge in [-0.15, -0.1) is 0 Å². The zero-order valence-corrected chi connectivity index (χ0v) is 8.30. The van der Waals surface area contributed by atoms with Gasteiger partial charge in [0, 0.05) is 12.1 Å². The molecule has 0 aliphatic carbocycles. The van der Waals surface area contributed by atoms with Crippen molar-refractivity contribution in [2.45, 2.75) is 52.1 Å². The molecule has 0 spiro atoms. The van der Waals surface area contributed by atoms with E-state index in [-0.39, 0.29) is 0 Å². The Morgan fingerprint density at radius 1 is 1.18 bits per heavy atom. The van der Waals surface area contributed by atoms with E-state index < -0.39 is 0 Å². The van der Waals surface area contributed by atoms with Crippen LogP contribution in [0.15, 0.2) is 0 Å². The molecular weight excluding hydrogens is 134 g/mol. The Balaban J connectivity index is 2.47. The number of nitrogens with zero attached hydrogens (tertiary/aromatic N) is 1. The Bertz CT molecular complexity index is 110. The predicted molar refractivity (Wildman–Crippen MR) is 49.7 cm³/mol. The van der Waals surface area contributed by atoms with Crippen LogP contribution in [0.3, 0.4) is 0 Å². The molecule has 1 rings (SSSR count). The summed E-state index contributed by atoms with van der Waals surface area (Å²) in [4.78, 5) is 2.51. The van der Waals surface area contributed by atoms with Crippen molar-refractivity contribution >= 4 is 0 Å². The molecule has 1 saturated heterocycles. The van der Waals surface area contributed by atoms with Crippen molar-refractivity contribution in [3.8, 4) is 0 Å². The molecular formula is C10H21N. The van der Waals surface area contributed by atoms with Crippen LogP contribution < -0.4 is 0 Å². The molecule has 0 aromatic carbocycles. The van der Waals surface area contributed by atoms with Gasteiger partial charge in [0.15, 0.2) is 0 Å². The monoisotopic (exact) mass is 155 g/mol. The number of hydrogen-bond donors (Lipinski definition) is 0. The summed E-state index contributed by atoms with van der Waals surface area (Å²) in [6.45, 7) is 7.01. The predicted octanol–water partition coefficient (Wildman–Crippen LogP) is 2.52. The highest BCUT2D eigenvalue weighted by Crippen LogP contribution is 2.27. The van der Waals surface area contributed by atoms with E-state index in [2.05, 4.69) is 32.7 Å². The fraction of sp³-hybridized carbons (Fsp3) is 1.00. The van der Waals surface area contributed by atoms with Gasteiger partial charge in [0.1, 0.15) is 0 Å². The lowest BCUT2D eigenvalue weighted by Gasteiger charge is -2.40. The summed E-state index contributed by atoms with van der Waals surface area (Å²) in [6.07, 6.45) is 4.16. The lowest BCUT2D eigenvalue weighted by atomic mass is 9.86. The van der Waals surface area contributed by atoms with Gasteiger partial charge in [-0.1, -0.05) is 13.3 Å². The van der Waals surface area contributed by atoms with Gasteiger partial charge in [-0.05, 0) is 39.7 Å². The summed E-state index contributed by atoms with van der Waals surface area (Å²) in [5.74, 6) is 0.983. The third-order valence-corrected chi connectivity index (χ3v) is 3.32. The van der Waals surface area contributed by atoms with E-state index in [1.807, 2.05) is 0 Å². The van der Waals surface area contributed by atoms with Crippen molar-refractivity contribution in [1.29, 1.82) is 0 Å². The second kappa shape index (κ2) is 3.57. The number of hydrogen-bond acceptors (Lipinski definition) is 1. The van der Waals surface area contributed by atoms with Gasteiger partial charge in [-0.2, -0.15) is 0 Å². The lowest BCUT2D eigenvalue weighted by molar-refractivity contribution is 0.0964. The van der Waals surface area contributed by atoms with Crippen LogP contribution in [0.1, 0.15) is 40.0 Å². The maximum atomic E-state index is 2.51. The van der Waals surface area contributed by atoms with Gasteiger partial charge >= 0.3 is 0 Å². The standard InChI is InChI=1S/C10H21N/c1-5-10-6-8(2)11(4)9(3)7-10/h8-10H,5-7H2,1-4H3. The van der Waals surface area contributed by atoms with E-state index >= 15 is 0 Å². The zero-order chi connectivity index (χ0) is 8.43. The minimum Gasteiger partial charge on any atom is -0.301 e. The van der Waals surface area contributed by atoms with Crippen LogP contribution in [0.4, 0.5) is 0 Å². The van der Waals surface area contributed by atoms with Crippen LogP contribution in [0.2, 0.25) is 0 Å². The minimum absolute atomic E-state index is 0.795. The van der Waals surface area contributed by atoms with Crippen LogP contribution in [-0.4, -0.2) is 24.0 Å². The Kier molecular flexibility index (Phi) is 2.94. The molecule has 1 heteroatoms. The van der Waals surface area contributed by atoms with Crippen LogP contribution in [0.5, 0.6) is 0 Å². The molecule has 2 unspecified atom stereocenters. The molecule has 0 saturated carbocycles. The fourth-order valence-electron chi connectivity index (χ4n) is 2.16. The molecule has 0 amide bonds. The molecule has 1 aliphatic heterocycles. The summed E-state index contributed by atoms with van der Waals surface area (Å²) >= 11 is 0. The topological polar surface area (TPSA) is 3.24 Å². The first kappa shape index (κ1) is 9.05. The molecule has 2 atom stereocenters. The second-order valence-corrected chi connectivity index (χ2v) is 4.11. The minimum atomic E-state index is 0.795. The van der Waals surface area contributed by atoms with Crippen LogP contribution in [0, 0.1) is 5.92 Å². The average Bonchev–Trinajstić information content (AvgIpc) is 1.99. The molecule has 11 heavy (non-hydrogen) atoms. The molecule has 1 aliphatic rings. The van der Waals surface area contributed by atoms with Gasteiger partial charge in [-0.25, -0.2) is 0 Å². The van der Waals surface area contributed by atoms with Gasteiger partial charge in [0.25, 0.3) is 0 Å². The zero-order valence-electron chi connectivity index (χ0n) is 8.30. The average molecular weight is 155 g/mol. The molecule has 66 valence electrons. The molecule has 0 N–H and O–H groups in total. The van der Waals surface area contributed by atoms with E-state index in [1.165, 1.54) is 19.3 Å². The molecule has 0 aromatic heterocycles. The van der Waals surface area contributed by atoms with E-state index in [9.17, 15) is 0 Å². The van der Waals surface area contributed by atoms with E-state index in [1.54, 1.807) is 0 Å². The van der Waals surface area contributed by atoms with Gasteiger partial charge in [-0.3, -0.25) is 0 Å². The third kappa shape index (κ3) is 1.96. The summed E-state index contributed by atoms with van der Waals surface area (Å²) < 4.78 is 0. The number of piperidine rings is 1. The largest absolute Gasteiger partial charge is 0.301 e. The van der Waals surface area contributed by atoms with Crippen molar-refractivity contribution in [1.82, 2.24) is 4.90 Å². The van der Waals surface area contributed by atoms with E-state index in [0.717, 1.165) is 18.0 Å². The first-order valence-electron chi connectivity index (χ1n) is 4.87. The van der Waals surface area contributed by atoms with Gasteiger partial charge < -0.3 is 4.90 Å². The highest BCUT2D eigenvalue weighted by molar-refractivity contribution is 4.81. The van der Waals surface area contributed by atoms with E-state index in [4.69, 9.17) is 0 Å². The van der Waals surface area contributed by atoms with Crippen molar-refractivity contribution in [2.24, 2.45) is 5.92 Å². The summed E-state index contributed by atoms with van der Waals surface area (Å²) in [5.41, 5.74) is 0. The molecule has 0 aromatic rings. The fourth-order valence-corrected chi connectivity index (χ4v) is 2.16. The first-order chi connectivity index (χ1) is 5.15. The maximum absolute atomic E-state index is 2.51. The number of likely N-dealkylation sites (tertiary alicyclic amines) is 1. The SMILES string of the molecule is CCC1CC(C)N(C)C(C)C1. The summed E-state index contributed by atoms with van der Waals surface area (Å²) in [5, 5.41) is 0. The molecule has 1 fully saturated rings. The normalized spacial score (nSPS) is 40.9. The Morgan fingerprint density at radius 2 is 1.64 bits per heavy atom. The Morgan fingerprint density at radius 3 is 2.00 bits per heavy atom. The maximum Gasteiger partial charge on any atom is 0.00693 e. The molecule has 0 radical (unpaired) electrons. The highest BCUT2D eigenvalue weighted by atomic mass is 15.2. The molecule has 1 nitrogen and oxygen atoms in total. The summed E-state index contributed by atoms with van der Waals surface area (Å²) in [6, 6.07) is 1.59. The Labute approximate surface area is 70.8 Å². The van der Waals surface area contributed by atoms with Gasteiger partial charge in [0.05, 0.1) is 0 Å². The van der Waals surface area contributed by atoms with Crippen molar-refractivity contribution in [2.75, 3.05) is 7.05 Å². The van der Waals surface area contributed by atoms with Crippen molar-refractivity contribution < 1.29 is 0 Å². The smallest absolute Gasteiger partial charge is 0.00693 e. The lowest BCUT2D eigenvalue weighted by Crippen LogP contribution is -2.43. The van der Waals surface area contributed by atoms with Crippen LogP contribution in [-0.2, 0) is 0 Å². The second-order valence-electron chi connectivity index (χ2n) is 4.11. The highest BCUT2D eigenvalue weighted by Gasteiger charge is 2.26.